The molecule has 1 rings (SSSR count). The van der Waals surface area contributed by atoms with Crippen molar-refractivity contribution in [2.75, 3.05) is 44.9 Å². The Labute approximate surface area is 107 Å². The summed E-state index contributed by atoms with van der Waals surface area (Å²) >= 11 is 0. The van der Waals surface area contributed by atoms with Gasteiger partial charge in [0, 0.05) is 20.2 Å². The van der Waals surface area contributed by atoms with Gasteiger partial charge in [0.25, 0.3) is 0 Å². The maximum Gasteiger partial charge on any atom is 0.318 e. The van der Waals surface area contributed by atoms with Crippen LogP contribution >= 0.6 is 0 Å². The summed E-state index contributed by atoms with van der Waals surface area (Å²) in [5.74, 6) is 0.554. The molecule has 2 N–H and O–H groups in total. The molecule has 0 aliphatic carbocycles. The molecule has 0 fully saturated rings. The minimum absolute atomic E-state index is 0.0372. The van der Waals surface area contributed by atoms with Crippen LogP contribution in [0, 0.1) is 0 Å². The molecule has 1 aromatic rings. The fourth-order valence-electron chi connectivity index (χ4n) is 1.44. The van der Waals surface area contributed by atoms with Crippen LogP contribution in [0.15, 0.2) is 4.42 Å². The number of ether oxygens (including phenoxy) is 1. The molecule has 0 atom stereocenters. The summed E-state index contributed by atoms with van der Waals surface area (Å²) in [5, 5.41) is 20.1. The van der Waals surface area contributed by atoms with Crippen LogP contribution < -0.4 is 10.2 Å². The van der Waals surface area contributed by atoms with Gasteiger partial charge >= 0.3 is 6.01 Å². The van der Waals surface area contributed by atoms with E-state index in [1.165, 1.54) is 0 Å². The zero-order valence-corrected chi connectivity index (χ0v) is 11.1. The quantitative estimate of drug-likeness (QED) is 0.572. The predicted octanol–water partition coefficient (Wildman–Crippen LogP) is 0.0143. The molecule has 7 heteroatoms. The Morgan fingerprint density at radius 2 is 2.22 bits per heavy atom. The SMILES string of the molecule is CCCNCc1nnc(N(CCO)CCOC)o1. The van der Waals surface area contributed by atoms with Crippen molar-refractivity contribution >= 4 is 6.01 Å². The number of nitrogens with one attached hydrogen (secondary N) is 1. The molecule has 1 aromatic heterocycles. The highest BCUT2D eigenvalue weighted by Gasteiger charge is 2.13. The minimum atomic E-state index is 0.0372. The van der Waals surface area contributed by atoms with Gasteiger partial charge in [0.15, 0.2) is 0 Å². The van der Waals surface area contributed by atoms with Crippen molar-refractivity contribution in [2.24, 2.45) is 0 Å². The van der Waals surface area contributed by atoms with E-state index in [0.29, 0.717) is 38.1 Å². The van der Waals surface area contributed by atoms with Gasteiger partial charge in [-0.25, -0.2) is 0 Å². The monoisotopic (exact) mass is 258 g/mol. The molecule has 7 nitrogen and oxygen atoms in total. The third kappa shape index (κ3) is 4.99. The number of aliphatic hydroxyl groups excluding tert-OH is 1. The van der Waals surface area contributed by atoms with Crippen LogP contribution in [0.1, 0.15) is 19.2 Å². The summed E-state index contributed by atoms with van der Waals surface area (Å²) in [6, 6.07) is 0.425. The summed E-state index contributed by atoms with van der Waals surface area (Å²) in [7, 11) is 1.63. The summed E-state index contributed by atoms with van der Waals surface area (Å²) in [4.78, 5) is 1.81. The van der Waals surface area contributed by atoms with Crippen molar-refractivity contribution in [1.82, 2.24) is 15.5 Å². The van der Waals surface area contributed by atoms with E-state index < -0.39 is 0 Å². The van der Waals surface area contributed by atoms with Gasteiger partial charge in [0.2, 0.25) is 5.89 Å². The molecule has 1 heterocycles. The lowest BCUT2D eigenvalue weighted by molar-refractivity contribution is 0.201. The molecular weight excluding hydrogens is 236 g/mol. The number of rotatable bonds is 10. The fourth-order valence-corrected chi connectivity index (χ4v) is 1.44. The summed E-state index contributed by atoms with van der Waals surface area (Å²) in [5.41, 5.74) is 0. The second kappa shape index (κ2) is 8.84. The largest absolute Gasteiger partial charge is 0.407 e. The molecule has 0 spiro atoms. The van der Waals surface area contributed by atoms with Crippen LogP contribution in [-0.4, -0.2) is 55.3 Å². The van der Waals surface area contributed by atoms with E-state index in [2.05, 4.69) is 22.4 Å². The fraction of sp³-hybridized carbons (Fsp3) is 0.818. The number of methoxy groups -OCH3 is 1. The van der Waals surface area contributed by atoms with Crippen LogP contribution in [0.4, 0.5) is 6.01 Å². The molecule has 0 amide bonds. The van der Waals surface area contributed by atoms with E-state index in [4.69, 9.17) is 14.3 Å². The second-order valence-corrected chi connectivity index (χ2v) is 3.86. The highest BCUT2D eigenvalue weighted by molar-refractivity contribution is 5.23. The average Bonchev–Trinajstić information content (AvgIpc) is 2.83. The number of hydrogen-bond acceptors (Lipinski definition) is 7. The smallest absolute Gasteiger partial charge is 0.318 e. The lowest BCUT2D eigenvalue weighted by atomic mass is 10.5. The topological polar surface area (TPSA) is 83.7 Å². The first-order valence-electron chi connectivity index (χ1n) is 6.19. The van der Waals surface area contributed by atoms with Gasteiger partial charge in [0.05, 0.1) is 19.8 Å². The molecule has 0 saturated carbocycles. The van der Waals surface area contributed by atoms with Crippen LogP contribution in [-0.2, 0) is 11.3 Å². The summed E-state index contributed by atoms with van der Waals surface area (Å²) in [6.07, 6.45) is 1.06. The lowest BCUT2D eigenvalue weighted by Gasteiger charge is -2.17. The molecular formula is C11H22N4O3. The Bertz CT molecular complexity index is 319. The summed E-state index contributed by atoms with van der Waals surface area (Å²) in [6.45, 7) is 5.23. The van der Waals surface area contributed by atoms with Crippen molar-refractivity contribution in [3.63, 3.8) is 0 Å². The van der Waals surface area contributed by atoms with Crippen LogP contribution in [0.5, 0.6) is 0 Å². The van der Waals surface area contributed by atoms with E-state index in [0.717, 1.165) is 13.0 Å². The van der Waals surface area contributed by atoms with Crippen LogP contribution in [0.3, 0.4) is 0 Å². The van der Waals surface area contributed by atoms with Gasteiger partial charge in [-0.3, -0.25) is 0 Å². The molecule has 0 saturated heterocycles. The summed E-state index contributed by atoms with van der Waals surface area (Å²) < 4.78 is 10.5. The highest BCUT2D eigenvalue weighted by Crippen LogP contribution is 2.11. The van der Waals surface area contributed by atoms with E-state index >= 15 is 0 Å². The number of nitrogens with zero attached hydrogens (tertiary/aromatic N) is 3. The lowest BCUT2D eigenvalue weighted by Crippen LogP contribution is -2.30. The van der Waals surface area contributed by atoms with E-state index in [1.807, 2.05) is 0 Å². The molecule has 0 aromatic carbocycles. The van der Waals surface area contributed by atoms with Gasteiger partial charge in [-0.2, -0.15) is 0 Å². The maximum absolute atomic E-state index is 8.99. The molecule has 0 aliphatic rings. The first-order chi connectivity index (χ1) is 8.81. The van der Waals surface area contributed by atoms with E-state index in [1.54, 1.807) is 12.0 Å². The number of anilines is 1. The van der Waals surface area contributed by atoms with Gasteiger partial charge in [-0.15, -0.1) is 5.10 Å². The van der Waals surface area contributed by atoms with Crippen LogP contribution in [0.2, 0.25) is 0 Å². The zero-order chi connectivity index (χ0) is 13.2. The standard InChI is InChI=1S/C11H22N4O3/c1-3-4-12-9-10-13-14-11(18-10)15(5-7-16)6-8-17-2/h12,16H,3-9H2,1-2H3. The molecule has 0 unspecified atom stereocenters. The number of aromatic nitrogens is 2. The van der Waals surface area contributed by atoms with Gasteiger partial charge in [0.1, 0.15) is 0 Å². The Kier molecular flexibility index (Phi) is 7.31. The van der Waals surface area contributed by atoms with Crippen molar-refractivity contribution < 1.29 is 14.3 Å². The van der Waals surface area contributed by atoms with E-state index in [-0.39, 0.29) is 6.61 Å². The zero-order valence-electron chi connectivity index (χ0n) is 11.1. The van der Waals surface area contributed by atoms with Gasteiger partial charge in [-0.1, -0.05) is 12.0 Å². The first-order valence-corrected chi connectivity index (χ1v) is 6.19. The Hall–Kier alpha value is -1.18. The van der Waals surface area contributed by atoms with E-state index in [9.17, 15) is 0 Å². The normalized spacial score (nSPS) is 10.8. The molecule has 104 valence electrons. The molecule has 0 radical (unpaired) electrons. The van der Waals surface area contributed by atoms with Crippen molar-refractivity contribution in [3.8, 4) is 0 Å². The van der Waals surface area contributed by atoms with Crippen LogP contribution in [0.25, 0.3) is 0 Å². The third-order valence-corrected chi connectivity index (χ3v) is 2.36. The molecule has 18 heavy (non-hydrogen) atoms. The first kappa shape index (κ1) is 14.9. The number of aliphatic hydroxyl groups is 1. The Morgan fingerprint density at radius 1 is 1.39 bits per heavy atom. The highest BCUT2D eigenvalue weighted by atomic mass is 16.5. The minimum Gasteiger partial charge on any atom is -0.407 e. The van der Waals surface area contributed by atoms with Crippen molar-refractivity contribution in [2.45, 2.75) is 19.9 Å². The van der Waals surface area contributed by atoms with Gasteiger partial charge < -0.3 is 24.5 Å². The second-order valence-electron chi connectivity index (χ2n) is 3.86. The maximum atomic E-state index is 8.99. The van der Waals surface area contributed by atoms with Crippen molar-refractivity contribution in [3.05, 3.63) is 5.89 Å². The Balaban J connectivity index is 2.50. The molecule has 0 aliphatic heterocycles. The molecule has 0 bridgehead atoms. The third-order valence-electron chi connectivity index (χ3n) is 2.36. The average molecular weight is 258 g/mol. The predicted molar refractivity (Wildman–Crippen MR) is 67.5 cm³/mol. The Morgan fingerprint density at radius 3 is 2.89 bits per heavy atom. The van der Waals surface area contributed by atoms with Crippen molar-refractivity contribution in [1.29, 1.82) is 0 Å². The number of hydrogen-bond donors (Lipinski definition) is 2. The van der Waals surface area contributed by atoms with Gasteiger partial charge in [-0.05, 0) is 13.0 Å².